The molecule has 90 valence electrons. The molecule has 0 aliphatic rings. The fourth-order valence-corrected chi connectivity index (χ4v) is 2.32. The van der Waals surface area contributed by atoms with Crippen LogP contribution in [0, 0.1) is 5.92 Å². The zero-order valence-corrected chi connectivity index (χ0v) is 11.1. The molecule has 0 radical (unpaired) electrons. The fourth-order valence-electron chi connectivity index (χ4n) is 2.32. The number of hydrogen-bond donors (Lipinski definition) is 1. The Hall–Kier alpha value is -0.820. The lowest BCUT2D eigenvalue weighted by Gasteiger charge is -2.22. The highest BCUT2D eigenvalue weighted by molar-refractivity contribution is 5.22. The maximum absolute atomic E-state index is 3.39. The van der Waals surface area contributed by atoms with Gasteiger partial charge in [-0.3, -0.25) is 0 Å². The van der Waals surface area contributed by atoms with Gasteiger partial charge in [0.25, 0.3) is 0 Å². The smallest absolute Gasteiger partial charge is 0.00902 e. The molecule has 0 fully saturated rings. The molecular weight excluding hydrogens is 194 g/mol. The van der Waals surface area contributed by atoms with Gasteiger partial charge in [-0.05, 0) is 43.4 Å². The monoisotopic (exact) mass is 219 g/mol. The predicted molar refractivity (Wildman–Crippen MR) is 71.8 cm³/mol. The second kappa shape index (κ2) is 6.70. The molecule has 0 aliphatic heterocycles. The molecule has 1 heteroatoms. The largest absolute Gasteiger partial charge is 0.317 e. The SMILES string of the molecule is CCc1ccc(CC(C)C(CC)NC)cc1. The van der Waals surface area contributed by atoms with Gasteiger partial charge in [-0.25, -0.2) is 0 Å². The van der Waals surface area contributed by atoms with E-state index in [1.165, 1.54) is 24.0 Å². The van der Waals surface area contributed by atoms with Crippen LogP contribution in [0.3, 0.4) is 0 Å². The Bertz CT molecular complexity index is 285. The second-order valence-corrected chi connectivity index (χ2v) is 4.65. The zero-order valence-electron chi connectivity index (χ0n) is 11.1. The molecule has 0 aliphatic carbocycles. The van der Waals surface area contributed by atoms with Crippen molar-refractivity contribution in [2.75, 3.05) is 7.05 Å². The molecule has 0 spiro atoms. The van der Waals surface area contributed by atoms with E-state index in [0.717, 1.165) is 6.42 Å². The molecule has 16 heavy (non-hydrogen) atoms. The zero-order chi connectivity index (χ0) is 12.0. The summed E-state index contributed by atoms with van der Waals surface area (Å²) in [5, 5.41) is 3.39. The standard InChI is InChI=1S/C15H25N/c1-5-13-7-9-14(10-8-13)11-12(3)15(6-2)16-4/h7-10,12,15-16H,5-6,11H2,1-4H3. The van der Waals surface area contributed by atoms with Crippen LogP contribution < -0.4 is 5.32 Å². The molecule has 0 bridgehead atoms. The van der Waals surface area contributed by atoms with Crippen LogP contribution in [0.5, 0.6) is 0 Å². The van der Waals surface area contributed by atoms with Crippen LogP contribution in [0.15, 0.2) is 24.3 Å². The molecule has 0 aromatic heterocycles. The Kier molecular flexibility index (Phi) is 5.54. The van der Waals surface area contributed by atoms with Gasteiger partial charge in [0.15, 0.2) is 0 Å². The van der Waals surface area contributed by atoms with Crippen molar-refractivity contribution >= 4 is 0 Å². The first-order valence-electron chi connectivity index (χ1n) is 6.46. The number of aryl methyl sites for hydroxylation is 1. The van der Waals surface area contributed by atoms with E-state index in [2.05, 4.69) is 57.4 Å². The van der Waals surface area contributed by atoms with Gasteiger partial charge in [0.05, 0.1) is 0 Å². The average Bonchev–Trinajstić information content (AvgIpc) is 2.31. The second-order valence-electron chi connectivity index (χ2n) is 4.65. The van der Waals surface area contributed by atoms with Crippen LogP contribution in [0.2, 0.25) is 0 Å². The van der Waals surface area contributed by atoms with E-state index in [0.29, 0.717) is 12.0 Å². The molecule has 1 rings (SSSR count). The molecule has 0 saturated heterocycles. The molecular formula is C15H25N. The molecule has 1 aromatic carbocycles. The van der Waals surface area contributed by atoms with Gasteiger partial charge in [0, 0.05) is 6.04 Å². The molecule has 2 atom stereocenters. The molecule has 2 unspecified atom stereocenters. The van der Waals surface area contributed by atoms with E-state index >= 15 is 0 Å². The average molecular weight is 219 g/mol. The van der Waals surface area contributed by atoms with Crippen molar-refractivity contribution in [3.63, 3.8) is 0 Å². The summed E-state index contributed by atoms with van der Waals surface area (Å²) in [5.41, 5.74) is 2.88. The number of nitrogens with one attached hydrogen (secondary N) is 1. The maximum Gasteiger partial charge on any atom is 0.00902 e. The van der Waals surface area contributed by atoms with Crippen LogP contribution in [0.4, 0.5) is 0 Å². The summed E-state index contributed by atoms with van der Waals surface area (Å²) in [5.74, 6) is 0.697. The summed E-state index contributed by atoms with van der Waals surface area (Å²) in [6, 6.07) is 9.69. The lowest BCUT2D eigenvalue weighted by Crippen LogP contribution is -2.32. The summed E-state index contributed by atoms with van der Waals surface area (Å²) < 4.78 is 0. The lowest BCUT2D eigenvalue weighted by atomic mass is 9.92. The highest BCUT2D eigenvalue weighted by atomic mass is 14.9. The summed E-state index contributed by atoms with van der Waals surface area (Å²) in [7, 11) is 2.06. The Labute approximate surface area is 100 Å². The number of rotatable bonds is 6. The third-order valence-electron chi connectivity index (χ3n) is 3.49. The van der Waals surface area contributed by atoms with Crippen LogP contribution >= 0.6 is 0 Å². The van der Waals surface area contributed by atoms with E-state index in [1.807, 2.05) is 0 Å². The Morgan fingerprint density at radius 1 is 1.06 bits per heavy atom. The van der Waals surface area contributed by atoms with E-state index in [-0.39, 0.29) is 0 Å². The van der Waals surface area contributed by atoms with E-state index in [9.17, 15) is 0 Å². The highest BCUT2D eigenvalue weighted by Gasteiger charge is 2.13. The molecule has 1 aromatic rings. The van der Waals surface area contributed by atoms with Crippen molar-refractivity contribution in [1.82, 2.24) is 5.32 Å². The molecule has 1 nitrogen and oxygen atoms in total. The van der Waals surface area contributed by atoms with Gasteiger partial charge in [-0.15, -0.1) is 0 Å². The van der Waals surface area contributed by atoms with Crippen LogP contribution in [0.1, 0.15) is 38.3 Å². The molecule has 0 saturated carbocycles. The Morgan fingerprint density at radius 3 is 2.06 bits per heavy atom. The van der Waals surface area contributed by atoms with Crippen molar-refractivity contribution in [1.29, 1.82) is 0 Å². The van der Waals surface area contributed by atoms with Gasteiger partial charge < -0.3 is 5.32 Å². The van der Waals surface area contributed by atoms with Crippen molar-refractivity contribution in [3.8, 4) is 0 Å². The van der Waals surface area contributed by atoms with E-state index < -0.39 is 0 Å². The van der Waals surface area contributed by atoms with Crippen LogP contribution in [-0.2, 0) is 12.8 Å². The van der Waals surface area contributed by atoms with Gasteiger partial charge >= 0.3 is 0 Å². The normalized spacial score (nSPS) is 14.8. The minimum Gasteiger partial charge on any atom is -0.317 e. The molecule has 0 amide bonds. The number of hydrogen-bond acceptors (Lipinski definition) is 1. The van der Waals surface area contributed by atoms with Gasteiger partial charge in [0.1, 0.15) is 0 Å². The first-order valence-corrected chi connectivity index (χ1v) is 6.46. The maximum atomic E-state index is 3.39. The summed E-state index contributed by atoms with van der Waals surface area (Å²) in [4.78, 5) is 0. The third kappa shape index (κ3) is 3.64. The van der Waals surface area contributed by atoms with E-state index in [1.54, 1.807) is 0 Å². The van der Waals surface area contributed by atoms with Gasteiger partial charge in [0.2, 0.25) is 0 Å². The minimum atomic E-state index is 0.630. The van der Waals surface area contributed by atoms with Crippen LogP contribution in [-0.4, -0.2) is 13.1 Å². The topological polar surface area (TPSA) is 12.0 Å². The summed E-state index contributed by atoms with van der Waals surface area (Å²) in [6.07, 6.45) is 3.50. The third-order valence-corrected chi connectivity index (χ3v) is 3.49. The Morgan fingerprint density at radius 2 is 1.62 bits per heavy atom. The van der Waals surface area contributed by atoms with Crippen molar-refractivity contribution < 1.29 is 0 Å². The molecule has 1 N–H and O–H groups in total. The van der Waals surface area contributed by atoms with E-state index in [4.69, 9.17) is 0 Å². The first kappa shape index (κ1) is 13.2. The fraction of sp³-hybridized carbons (Fsp3) is 0.600. The van der Waals surface area contributed by atoms with Gasteiger partial charge in [-0.2, -0.15) is 0 Å². The molecule has 0 heterocycles. The minimum absolute atomic E-state index is 0.630. The van der Waals surface area contributed by atoms with Crippen molar-refractivity contribution in [3.05, 3.63) is 35.4 Å². The van der Waals surface area contributed by atoms with Gasteiger partial charge in [-0.1, -0.05) is 45.0 Å². The number of benzene rings is 1. The summed E-state index contributed by atoms with van der Waals surface area (Å²) >= 11 is 0. The Balaban J connectivity index is 2.58. The van der Waals surface area contributed by atoms with Crippen molar-refractivity contribution in [2.24, 2.45) is 5.92 Å². The predicted octanol–water partition coefficient (Wildman–Crippen LogP) is 3.43. The summed E-state index contributed by atoms with van der Waals surface area (Å²) in [6.45, 7) is 6.78. The first-order chi connectivity index (χ1) is 7.71. The van der Waals surface area contributed by atoms with Crippen LogP contribution in [0.25, 0.3) is 0 Å². The quantitative estimate of drug-likeness (QED) is 0.773. The highest BCUT2D eigenvalue weighted by Crippen LogP contribution is 2.15. The van der Waals surface area contributed by atoms with Crippen molar-refractivity contribution in [2.45, 2.75) is 46.1 Å². The lowest BCUT2D eigenvalue weighted by molar-refractivity contribution is 0.387.